The normalized spacial score (nSPS) is 21.4. The largest absolute Gasteiger partial charge is 0.456 e. The zero-order chi connectivity index (χ0) is 31.8. The fraction of sp³-hybridized carbons (Fsp3) is 0.750. The van der Waals surface area contributed by atoms with E-state index in [1.807, 2.05) is 0 Å². The fourth-order valence-electron chi connectivity index (χ4n) is 5.17. The molecule has 0 saturated heterocycles. The molecule has 2 aliphatic carbocycles. The Hall–Kier alpha value is -3.12. The van der Waals surface area contributed by atoms with Crippen molar-refractivity contribution >= 4 is 24.1 Å². The minimum Gasteiger partial charge on any atom is -0.456 e. The van der Waals surface area contributed by atoms with Crippen LogP contribution in [0.5, 0.6) is 0 Å². The molecule has 2 N–H and O–H groups in total. The summed E-state index contributed by atoms with van der Waals surface area (Å²) in [6.45, 7) is 9.25. The van der Waals surface area contributed by atoms with Crippen molar-refractivity contribution in [3.8, 4) is 0 Å². The Balaban J connectivity index is 1.37. The van der Waals surface area contributed by atoms with Crippen molar-refractivity contribution in [1.82, 2.24) is 10.6 Å². The maximum Gasteiger partial charge on any atom is 0.407 e. The van der Waals surface area contributed by atoms with Gasteiger partial charge in [-0.1, -0.05) is 38.8 Å². The van der Waals surface area contributed by atoms with E-state index in [4.69, 9.17) is 28.4 Å². The van der Waals surface area contributed by atoms with E-state index in [1.54, 1.807) is 0 Å². The van der Waals surface area contributed by atoms with E-state index in [1.165, 1.54) is 0 Å². The van der Waals surface area contributed by atoms with E-state index in [-0.39, 0.29) is 37.6 Å². The van der Waals surface area contributed by atoms with E-state index in [0.717, 1.165) is 89.2 Å². The Kier molecular flexibility index (Phi) is 19.6. The molecule has 0 aromatic heterocycles. The molecule has 12 nitrogen and oxygen atoms in total. The van der Waals surface area contributed by atoms with Crippen molar-refractivity contribution in [3.05, 3.63) is 25.3 Å². The first kappa shape index (κ1) is 37.1. The highest BCUT2D eigenvalue weighted by Crippen LogP contribution is 2.25. The van der Waals surface area contributed by atoms with Crippen molar-refractivity contribution in [3.63, 3.8) is 0 Å². The maximum atomic E-state index is 11.9. The number of nitrogens with one attached hydrogen (secondary N) is 2. The van der Waals surface area contributed by atoms with Crippen LogP contribution in [0.4, 0.5) is 9.59 Å². The number of carbonyl (C=O) groups is 4. The van der Waals surface area contributed by atoms with Crippen LogP contribution in [0.2, 0.25) is 0 Å². The molecule has 4 unspecified atom stereocenters. The summed E-state index contributed by atoms with van der Waals surface area (Å²) in [6, 6.07) is 0. The number of esters is 2. The van der Waals surface area contributed by atoms with Gasteiger partial charge in [-0.3, -0.25) is 0 Å². The van der Waals surface area contributed by atoms with Gasteiger partial charge in [0, 0.05) is 38.1 Å². The Bertz CT molecular complexity index is 813. The fourth-order valence-corrected chi connectivity index (χ4v) is 5.17. The molecular formula is C32H52N2O10. The van der Waals surface area contributed by atoms with Gasteiger partial charge in [0.1, 0.15) is 12.2 Å². The lowest BCUT2D eigenvalue weighted by molar-refractivity contribution is -0.156. The zero-order valence-electron chi connectivity index (χ0n) is 26.1. The molecule has 0 aliphatic heterocycles. The molecule has 12 heteroatoms. The van der Waals surface area contributed by atoms with E-state index in [0.29, 0.717) is 39.1 Å². The second-order valence-electron chi connectivity index (χ2n) is 11.0. The van der Waals surface area contributed by atoms with Crippen molar-refractivity contribution in [2.45, 2.75) is 114 Å². The van der Waals surface area contributed by atoms with E-state index in [2.05, 4.69) is 23.8 Å². The SMILES string of the molecule is C=CC(=O)OC1CCCCC1OCCCOC(=O)NCCCCCCNC(=O)OCCCOC1CCCCC1OC(=O)C=C. The predicted molar refractivity (Wildman–Crippen MR) is 163 cm³/mol. The summed E-state index contributed by atoms with van der Waals surface area (Å²) in [5.74, 6) is -0.866. The summed E-state index contributed by atoms with van der Waals surface area (Å²) in [7, 11) is 0. The number of hydrogen-bond donors (Lipinski definition) is 2. The monoisotopic (exact) mass is 624 g/mol. The van der Waals surface area contributed by atoms with Crippen LogP contribution in [0.1, 0.15) is 89.9 Å². The Labute approximate surface area is 261 Å². The van der Waals surface area contributed by atoms with Crippen molar-refractivity contribution < 1.29 is 47.6 Å². The van der Waals surface area contributed by atoms with Gasteiger partial charge in [-0.2, -0.15) is 0 Å². The number of alkyl carbamates (subject to hydrolysis) is 2. The first-order valence-electron chi connectivity index (χ1n) is 16.1. The second kappa shape index (κ2) is 23.3. The predicted octanol–water partition coefficient (Wildman–Crippen LogP) is 4.89. The van der Waals surface area contributed by atoms with Crippen LogP contribution >= 0.6 is 0 Å². The van der Waals surface area contributed by atoms with Gasteiger partial charge in [0.2, 0.25) is 0 Å². The Morgan fingerprint density at radius 1 is 0.545 bits per heavy atom. The Morgan fingerprint density at radius 3 is 1.32 bits per heavy atom. The van der Waals surface area contributed by atoms with Gasteiger partial charge in [-0.25, -0.2) is 19.2 Å². The summed E-state index contributed by atoms with van der Waals surface area (Å²) in [5, 5.41) is 5.48. The van der Waals surface area contributed by atoms with Gasteiger partial charge in [0.15, 0.2) is 0 Å². The highest BCUT2D eigenvalue weighted by Gasteiger charge is 2.29. The molecule has 44 heavy (non-hydrogen) atoms. The van der Waals surface area contributed by atoms with E-state index >= 15 is 0 Å². The van der Waals surface area contributed by atoms with Gasteiger partial charge in [0.25, 0.3) is 0 Å². The smallest absolute Gasteiger partial charge is 0.407 e. The molecule has 0 spiro atoms. The molecule has 2 fully saturated rings. The molecule has 0 bridgehead atoms. The third-order valence-corrected chi connectivity index (χ3v) is 7.50. The number of ether oxygens (including phenoxy) is 6. The molecule has 250 valence electrons. The third-order valence-electron chi connectivity index (χ3n) is 7.50. The zero-order valence-corrected chi connectivity index (χ0v) is 26.1. The van der Waals surface area contributed by atoms with E-state index < -0.39 is 24.1 Å². The van der Waals surface area contributed by atoms with Crippen molar-refractivity contribution in [2.75, 3.05) is 39.5 Å². The first-order valence-corrected chi connectivity index (χ1v) is 16.1. The lowest BCUT2D eigenvalue weighted by Gasteiger charge is -2.30. The number of hydrogen-bond acceptors (Lipinski definition) is 10. The summed E-state index contributed by atoms with van der Waals surface area (Å²) in [4.78, 5) is 46.7. The van der Waals surface area contributed by atoms with Gasteiger partial charge in [0.05, 0.1) is 38.6 Å². The van der Waals surface area contributed by atoms with Crippen molar-refractivity contribution in [1.29, 1.82) is 0 Å². The molecule has 0 heterocycles. The quantitative estimate of drug-likeness (QED) is 0.0783. The number of carbonyl (C=O) groups excluding carboxylic acids is 4. The average Bonchev–Trinajstić information content (AvgIpc) is 3.03. The molecule has 0 radical (unpaired) electrons. The van der Waals surface area contributed by atoms with Crippen LogP contribution in [0, 0.1) is 0 Å². The second-order valence-corrected chi connectivity index (χ2v) is 11.0. The molecule has 2 rings (SSSR count). The molecule has 2 aliphatic rings. The Morgan fingerprint density at radius 2 is 0.932 bits per heavy atom. The minimum atomic E-state index is -0.454. The lowest BCUT2D eigenvalue weighted by atomic mass is 9.94. The molecule has 0 aromatic carbocycles. The number of amides is 2. The van der Waals surface area contributed by atoms with E-state index in [9.17, 15) is 19.2 Å². The minimum absolute atomic E-state index is 0.133. The molecule has 2 saturated carbocycles. The number of rotatable bonds is 21. The van der Waals surface area contributed by atoms with Gasteiger partial charge in [-0.05, 0) is 51.4 Å². The van der Waals surface area contributed by atoms with Gasteiger partial charge in [-0.15, -0.1) is 0 Å². The van der Waals surface area contributed by atoms with Crippen LogP contribution in [-0.2, 0) is 38.0 Å². The van der Waals surface area contributed by atoms with Crippen LogP contribution in [-0.4, -0.2) is 88.1 Å². The average molecular weight is 625 g/mol. The molecule has 0 aromatic rings. The summed E-state index contributed by atoms with van der Waals surface area (Å²) >= 11 is 0. The summed E-state index contributed by atoms with van der Waals surface area (Å²) in [5.41, 5.74) is 0. The van der Waals surface area contributed by atoms with Gasteiger partial charge < -0.3 is 39.1 Å². The molecular weight excluding hydrogens is 572 g/mol. The summed E-state index contributed by atoms with van der Waals surface area (Å²) < 4.78 is 32.9. The standard InChI is InChI=1S/C32H52N2O10/c1-3-29(35)43-27-17-9-7-15-25(27)39-21-13-23-41-31(37)33-19-11-5-6-12-20-34-32(38)42-24-14-22-40-26-16-8-10-18-28(26)44-30(36)4-2/h3-4,25-28H,1-2,5-24H2,(H,33,37)(H,34,38). The highest BCUT2D eigenvalue weighted by molar-refractivity contribution is 5.81. The molecule has 2 amide bonds. The van der Waals surface area contributed by atoms with Crippen LogP contribution in [0.3, 0.4) is 0 Å². The van der Waals surface area contributed by atoms with Gasteiger partial charge >= 0.3 is 24.1 Å². The third kappa shape index (κ3) is 16.7. The van der Waals surface area contributed by atoms with Crippen LogP contribution < -0.4 is 10.6 Å². The highest BCUT2D eigenvalue weighted by atomic mass is 16.6. The molecule has 4 atom stereocenters. The number of unbranched alkanes of at least 4 members (excludes halogenated alkanes) is 3. The van der Waals surface area contributed by atoms with Crippen LogP contribution in [0.15, 0.2) is 25.3 Å². The summed E-state index contributed by atoms with van der Waals surface area (Å²) in [6.07, 6.45) is 12.5. The van der Waals surface area contributed by atoms with Crippen molar-refractivity contribution in [2.24, 2.45) is 0 Å². The lowest BCUT2D eigenvalue weighted by Crippen LogP contribution is -2.36. The topological polar surface area (TPSA) is 148 Å². The van der Waals surface area contributed by atoms with Crippen LogP contribution in [0.25, 0.3) is 0 Å². The maximum absolute atomic E-state index is 11.9. The first-order chi connectivity index (χ1) is 21.4.